The summed E-state index contributed by atoms with van der Waals surface area (Å²) in [5.41, 5.74) is 1.27. The molecule has 0 aromatic carbocycles. The number of nitrogens with zero attached hydrogens (tertiary/aromatic N) is 5. The van der Waals surface area contributed by atoms with Crippen LogP contribution in [-0.2, 0) is 0 Å². The van der Waals surface area contributed by atoms with Crippen LogP contribution < -0.4 is 4.90 Å². The maximum atomic E-state index is 12.7. The van der Waals surface area contributed by atoms with Crippen molar-refractivity contribution in [3.63, 3.8) is 0 Å². The molecule has 4 rings (SSSR count). The molecule has 0 spiro atoms. The monoisotopic (exact) mass is 337 g/mol. The molecule has 4 heterocycles. The second-order valence-corrected chi connectivity index (χ2v) is 6.91. The molecule has 130 valence electrons. The molecule has 0 aliphatic carbocycles. The zero-order valence-electron chi connectivity index (χ0n) is 14.5. The smallest absolute Gasteiger partial charge is 0.274 e. The minimum absolute atomic E-state index is 0.00291. The molecule has 2 atom stereocenters. The molecule has 6 nitrogen and oxygen atoms in total. The summed E-state index contributed by atoms with van der Waals surface area (Å²) < 4.78 is 0. The lowest BCUT2D eigenvalue weighted by molar-refractivity contribution is 0.0752. The second-order valence-electron chi connectivity index (χ2n) is 6.91. The molecular formula is C19H23N5O. The van der Waals surface area contributed by atoms with Crippen LogP contribution in [-0.4, -0.2) is 51.4 Å². The van der Waals surface area contributed by atoms with Gasteiger partial charge in [-0.05, 0) is 44.2 Å². The van der Waals surface area contributed by atoms with Gasteiger partial charge in [0.15, 0.2) is 0 Å². The molecule has 2 aromatic rings. The predicted octanol–water partition coefficient (Wildman–Crippen LogP) is 2.31. The van der Waals surface area contributed by atoms with E-state index >= 15 is 0 Å². The number of aromatic nitrogens is 3. The van der Waals surface area contributed by atoms with Crippen molar-refractivity contribution in [3.8, 4) is 0 Å². The summed E-state index contributed by atoms with van der Waals surface area (Å²) in [6.45, 7) is 4.49. The maximum absolute atomic E-state index is 12.7. The molecule has 2 aliphatic rings. The Bertz CT molecular complexity index is 733. The third-order valence-electron chi connectivity index (χ3n) is 5.38. The SMILES string of the molecule is Cc1cnc(C(=O)N2CCC3CCN(c4ccccn4)C3CC2)cn1. The molecule has 1 amide bonds. The van der Waals surface area contributed by atoms with Crippen LogP contribution >= 0.6 is 0 Å². The summed E-state index contributed by atoms with van der Waals surface area (Å²) in [5.74, 6) is 1.68. The Labute approximate surface area is 147 Å². The molecule has 25 heavy (non-hydrogen) atoms. The maximum Gasteiger partial charge on any atom is 0.274 e. The van der Waals surface area contributed by atoms with Crippen LogP contribution in [0, 0.1) is 12.8 Å². The zero-order valence-corrected chi connectivity index (χ0v) is 14.5. The first-order valence-electron chi connectivity index (χ1n) is 8.98. The van der Waals surface area contributed by atoms with Gasteiger partial charge in [0, 0.05) is 38.1 Å². The summed E-state index contributed by atoms with van der Waals surface area (Å²) in [4.78, 5) is 30.1. The first kappa shape index (κ1) is 16.0. The summed E-state index contributed by atoms with van der Waals surface area (Å²) in [7, 11) is 0. The van der Waals surface area contributed by atoms with Crippen LogP contribution in [0.15, 0.2) is 36.8 Å². The number of aryl methyl sites for hydroxylation is 1. The average molecular weight is 337 g/mol. The molecule has 2 unspecified atom stereocenters. The minimum Gasteiger partial charge on any atom is -0.353 e. The molecule has 0 bridgehead atoms. The Kier molecular flexibility index (Phi) is 4.34. The van der Waals surface area contributed by atoms with E-state index in [1.807, 2.05) is 30.2 Å². The molecule has 0 saturated carbocycles. The van der Waals surface area contributed by atoms with E-state index in [-0.39, 0.29) is 5.91 Å². The number of fused-ring (bicyclic) bond motifs is 1. The van der Waals surface area contributed by atoms with E-state index in [0.29, 0.717) is 17.7 Å². The molecule has 0 N–H and O–H groups in total. The first-order valence-corrected chi connectivity index (χ1v) is 8.98. The fraction of sp³-hybridized carbons (Fsp3) is 0.474. The van der Waals surface area contributed by atoms with E-state index in [0.717, 1.165) is 44.0 Å². The molecule has 2 fully saturated rings. The van der Waals surface area contributed by atoms with Crippen LogP contribution in [0.4, 0.5) is 5.82 Å². The van der Waals surface area contributed by atoms with Gasteiger partial charge in [0.1, 0.15) is 11.5 Å². The Balaban J connectivity index is 1.47. The van der Waals surface area contributed by atoms with Gasteiger partial charge >= 0.3 is 0 Å². The molecule has 2 aromatic heterocycles. The van der Waals surface area contributed by atoms with Crippen LogP contribution in [0.2, 0.25) is 0 Å². The van der Waals surface area contributed by atoms with Crippen molar-refractivity contribution in [1.29, 1.82) is 0 Å². The second kappa shape index (κ2) is 6.78. The highest BCUT2D eigenvalue weighted by Gasteiger charge is 2.37. The molecule has 2 saturated heterocycles. The number of anilines is 1. The number of hydrogen-bond acceptors (Lipinski definition) is 5. The third-order valence-corrected chi connectivity index (χ3v) is 5.38. The number of likely N-dealkylation sites (tertiary alicyclic amines) is 1. The van der Waals surface area contributed by atoms with Crippen molar-refractivity contribution in [3.05, 3.63) is 48.2 Å². The first-order chi connectivity index (χ1) is 12.2. The van der Waals surface area contributed by atoms with Crippen molar-refractivity contribution in [2.24, 2.45) is 5.92 Å². The van der Waals surface area contributed by atoms with Crippen molar-refractivity contribution < 1.29 is 4.79 Å². The third kappa shape index (κ3) is 3.21. The van der Waals surface area contributed by atoms with Gasteiger partial charge in [0.2, 0.25) is 0 Å². The fourth-order valence-electron chi connectivity index (χ4n) is 4.04. The summed E-state index contributed by atoms with van der Waals surface area (Å²) in [6.07, 6.45) is 8.29. The van der Waals surface area contributed by atoms with Crippen molar-refractivity contribution in [1.82, 2.24) is 19.9 Å². The highest BCUT2D eigenvalue weighted by Crippen LogP contribution is 2.34. The van der Waals surface area contributed by atoms with Crippen molar-refractivity contribution in [2.45, 2.75) is 32.2 Å². The summed E-state index contributed by atoms with van der Waals surface area (Å²) in [6, 6.07) is 6.54. The quantitative estimate of drug-likeness (QED) is 0.841. The number of amides is 1. The van der Waals surface area contributed by atoms with E-state index in [1.54, 1.807) is 12.4 Å². The van der Waals surface area contributed by atoms with Gasteiger partial charge in [0.05, 0.1) is 11.9 Å². The molecule has 0 radical (unpaired) electrons. The molecular weight excluding hydrogens is 314 g/mol. The zero-order chi connectivity index (χ0) is 17.2. The van der Waals surface area contributed by atoms with Gasteiger partial charge in [0.25, 0.3) is 5.91 Å². The Hall–Kier alpha value is -2.50. The topological polar surface area (TPSA) is 62.2 Å². The van der Waals surface area contributed by atoms with E-state index in [2.05, 4.69) is 25.9 Å². The Morgan fingerprint density at radius 3 is 2.64 bits per heavy atom. The standard InChI is InChI=1S/C19H23N5O/c1-14-12-22-16(13-21-14)19(25)23-9-5-15-6-11-24(17(15)7-10-23)18-4-2-3-8-20-18/h2-4,8,12-13,15,17H,5-7,9-11H2,1H3. The van der Waals surface area contributed by atoms with Crippen LogP contribution in [0.5, 0.6) is 0 Å². The van der Waals surface area contributed by atoms with E-state index in [9.17, 15) is 4.79 Å². The van der Waals surface area contributed by atoms with E-state index in [1.165, 1.54) is 6.42 Å². The Morgan fingerprint density at radius 1 is 1.04 bits per heavy atom. The van der Waals surface area contributed by atoms with Gasteiger partial charge in [-0.3, -0.25) is 9.78 Å². The molecule has 2 aliphatic heterocycles. The summed E-state index contributed by atoms with van der Waals surface area (Å²) in [5, 5.41) is 0. The van der Waals surface area contributed by atoms with Gasteiger partial charge < -0.3 is 9.80 Å². The lowest BCUT2D eigenvalue weighted by atomic mass is 9.96. The largest absolute Gasteiger partial charge is 0.353 e. The Morgan fingerprint density at radius 2 is 1.88 bits per heavy atom. The van der Waals surface area contributed by atoms with Crippen LogP contribution in [0.25, 0.3) is 0 Å². The number of carbonyl (C=O) groups excluding carboxylic acids is 1. The lowest BCUT2D eigenvalue weighted by Crippen LogP contribution is -2.36. The van der Waals surface area contributed by atoms with Crippen LogP contribution in [0.1, 0.15) is 35.4 Å². The number of rotatable bonds is 2. The fourth-order valence-corrected chi connectivity index (χ4v) is 4.04. The van der Waals surface area contributed by atoms with E-state index in [4.69, 9.17) is 0 Å². The van der Waals surface area contributed by atoms with Gasteiger partial charge in [-0.15, -0.1) is 0 Å². The van der Waals surface area contributed by atoms with E-state index < -0.39 is 0 Å². The normalized spacial score (nSPS) is 23.2. The van der Waals surface area contributed by atoms with Gasteiger partial charge in [-0.1, -0.05) is 6.07 Å². The van der Waals surface area contributed by atoms with Gasteiger partial charge in [-0.2, -0.15) is 0 Å². The highest BCUT2D eigenvalue weighted by molar-refractivity contribution is 5.92. The minimum atomic E-state index is -0.00291. The summed E-state index contributed by atoms with van der Waals surface area (Å²) >= 11 is 0. The lowest BCUT2D eigenvalue weighted by Gasteiger charge is -2.28. The number of pyridine rings is 1. The molecule has 6 heteroatoms. The van der Waals surface area contributed by atoms with Gasteiger partial charge in [-0.25, -0.2) is 9.97 Å². The number of carbonyl (C=O) groups is 1. The van der Waals surface area contributed by atoms with Crippen molar-refractivity contribution >= 4 is 11.7 Å². The predicted molar refractivity (Wildman–Crippen MR) is 95.4 cm³/mol. The van der Waals surface area contributed by atoms with Crippen LogP contribution in [0.3, 0.4) is 0 Å². The number of hydrogen-bond donors (Lipinski definition) is 0. The highest BCUT2D eigenvalue weighted by atomic mass is 16.2. The average Bonchev–Trinajstić information content (AvgIpc) is 2.94. The van der Waals surface area contributed by atoms with Crippen molar-refractivity contribution in [2.75, 3.05) is 24.5 Å².